The summed E-state index contributed by atoms with van der Waals surface area (Å²) in [6.45, 7) is 5.31. The zero-order chi connectivity index (χ0) is 27.7. The van der Waals surface area contributed by atoms with E-state index in [1.807, 2.05) is 84.9 Å². The van der Waals surface area contributed by atoms with Crippen molar-refractivity contribution < 1.29 is 14.2 Å². The minimum Gasteiger partial charge on any atom is -0.493 e. The van der Waals surface area contributed by atoms with Crippen molar-refractivity contribution in [3.8, 4) is 40.0 Å². The number of hydrogen-bond donors (Lipinski definition) is 2. The van der Waals surface area contributed by atoms with Gasteiger partial charge < -0.3 is 24.5 Å². The van der Waals surface area contributed by atoms with Gasteiger partial charge in [-0.2, -0.15) is 0 Å². The Labute approximate surface area is 239 Å². The molecule has 6 rings (SSSR count). The molecule has 0 atom stereocenters. The third kappa shape index (κ3) is 7.27. The number of imidazole rings is 1. The summed E-state index contributed by atoms with van der Waals surface area (Å²) in [5, 5.41) is 3.29. The Balaban J connectivity index is 1.08. The van der Waals surface area contributed by atoms with Crippen LogP contribution in [0.3, 0.4) is 0 Å². The van der Waals surface area contributed by atoms with Gasteiger partial charge in [-0.15, -0.1) is 0 Å². The first-order valence-electron chi connectivity index (χ1n) is 13.8. The predicted molar refractivity (Wildman–Crippen MR) is 159 cm³/mol. The van der Waals surface area contributed by atoms with Crippen molar-refractivity contribution in [1.82, 2.24) is 24.8 Å². The minimum atomic E-state index is 0.487. The van der Waals surface area contributed by atoms with E-state index in [2.05, 4.69) is 25.2 Å². The van der Waals surface area contributed by atoms with Crippen LogP contribution in [0.5, 0.6) is 17.2 Å². The molecule has 1 aliphatic heterocycles. The number of anilines is 2. The molecule has 0 bridgehead atoms. The maximum absolute atomic E-state index is 5.99. The van der Waals surface area contributed by atoms with E-state index < -0.39 is 0 Å². The molecule has 0 saturated carbocycles. The second-order valence-electron chi connectivity index (χ2n) is 9.66. The summed E-state index contributed by atoms with van der Waals surface area (Å²) in [6.07, 6.45) is 4.47. The molecule has 9 nitrogen and oxygen atoms in total. The van der Waals surface area contributed by atoms with Crippen LogP contribution in [-0.2, 0) is 4.74 Å². The van der Waals surface area contributed by atoms with Crippen LogP contribution in [-0.4, -0.2) is 64.3 Å². The third-order valence-corrected chi connectivity index (χ3v) is 6.68. The smallest absolute Gasteiger partial charge is 0.227 e. The molecule has 2 aromatic heterocycles. The van der Waals surface area contributed by atoms with Crippen molar-refractivity contribution in [2.45, 2.75) is 6.42 Å². The van der Waals surface area contributed by atoms with Gasteiger partial charge in [-0.25, -0.2) is 15.0 Å². The summed E-state index contributed by atoms with van der Waals surface area (Å²) in [5.74, 6) is 3.55. The molecule has 3 aromatic carbocycles. The van der Waals surface area contributed by atoms with Crippen LogP contribution in [0.15, 0.2) is 97.3 Å². The monoisotopic (exact) mass is 548 g/mol. The standard InChI is InChI=1S/C32H32N6O3/c1-2-9-26(10-3-1)41-28-12-4-7-24(21-28)31-34-23-30(36-31)29-13-14-33-32(37-29)35-25-8-5-11-27(22-25)40-18-6-15-38-16-19-39-20-17-38/h1-5,7-14,21-23H,6,15-20H2,(H,34,36)(H,33,35,37). The molecule has 0 unspecified atom stereocenters. The number of nitrogens with one attached hydrogen (secondary N) is 2. The molecule has 0 radical (unpaired) electrons. The SMILES string of the molecule is c1ccc(Oc2cccc(-c3ncc(-c4ccnc(Nc5cccc(OCCCN6CCOCC6)c5)n4)[nH]3)c2)cc1. The summed E-state index contributed by atoms with van der Waals surface area (Å²) in [4.78, 5) is 19.5. The highest BCUT2D eigenvalue weighted by Crippen LogP contribution is 2.28. The van der Waals surface area contributed by atoms with Crippen molar-refractivity contribution in [1.29, 1.82) is 0 Å². The molecule has 0 aliphatic carbocycles. The van der Waals surface area contributed by atoms with Gasteiger partial charge >= 0.3 is 0 Å². The molecule has 0 spiro atoms. The Morgan fingerprint density at radius 2 is 1.68 bits per heavy atom. The lowest BCUT2D eigenvalue weighted by molar-refractivity contribution is 0.0358. The molecule has 3 heterocycles. The second kappa shape index (κ2) is 13.1. The molecule has 1 saturated heterocycles. The van der Waals surface area contributed by atoms with E-state index in [0.717, 1.165) is 85.0 Å². The molecule has 41 heavy (non-hydrogen) atoms. The summed E-state index contributed by atoms with van der Waals surface area (Å²) < 4.78 is 17.4. The molecule has 2 N–H and O–H groups in total. The van der Waals surface area contributed by atoms with E-state index in [1.165, 1.54) is 0 Å². The average molecular weight is 549 g/mol. The zero-order valence-electron chi connectivity index (χ0n) is 22.7. The normalized spacial score (nSPS) is 13.6. The lowest BCUT2D eigenvalue weighted by atomic mass is 10.2. The van der Waals surface area contributed by atoms with E-state index in [9.17, 15) is 0 Å². The highest BCUT2D eigenvalue weighted by Gasteiger charge is 2.11. The van der Waals surface area contributed by atoms with E-state index in [0.29, 0.717) is 12.6 Å². The number of para-hydroxylation sites is 1. The van der Waals surface area contributed by atoms with Crippen molar-refractivity contribution in [2.24, 2.45) is 0 Å². The van der Waals surface area contributed by atoms with Crippen molar-refractivity contribution in [3.63, 3.8) is 0 Å². The number of aromatic nitrogens is 4. The van der Waals surface area contributed by atoms with Crippen LogP contribution >= 0.6 is 0 Å². The molecular formula is C32H32N6O3. The number of hydrogen-bond acceptors (Lipinski definition) is 8. The van der Waals surface area contributed by atoms with Crippen LogP contribution in [0.4, 0.5) is 11.6 Å². The maximum atomic E-state index is 5.99. The van der Waals surface area contributed by atoms with Crippen LogP contribution in [0.2, 0.25) is 0 Å². The van der Waals surface area contributed by atoms with Gasteiger partial charge in [-0.05, 0) is 48.9 Å². The van der Waals surface area contributed by atoms with E-state index in [1.54, 1.807) is 12.4 Å². The first-order chi connectivity index (χ1) is 20.3. The number of H-pyrrole nitrogens is 1. The lowest BCUT2D eigenvalue weighted by Crippen LogP contribution is -2.37. The first-order valence-corrected chi connectivity index (χ1v) is 13.8. The number of rotatable bonds is 11. The van der Waals surface area contributed by atoms with Gasteiger partial charge in [0.25, 0.3) is 0 Å². The first kappa shape index (κ1) is 26.5. The fourth-order valence-corrected chi connectivity index (χ4v) is 4.59. The molecule has 5 aromatic rings. The predicted octanol–water partition coefficient (Wildman–Crippen LogP) is 6.17. The van der Waals surface area contributed by atoms with Gasteiger partial charge in [0.15, 0.2) is 0 Å². The summed E-state index contributed by atoms with van der Waals surface area (Å²) in [7, 11) is 0. The van der Waals surface area contributed by atoms with E-state index >= 15 is 0 Å². The minimum absolute atomic E-state index is 0.487. The fraction of sp³-hybridized carbons (Fsp3) is 0.219. The van der Waals surface area contributed by atoms with Gasteiger partial charge in [0.05, 0.1) is 37.4 Å². The second-order valence-corrected chi connectivity index (χ2v) is 9.66. The highest BCUT2D eigenvalue weighted by atomic mass is 16.5. The van der Waals surface area contributed by atoms with Gasteiger partial charge in [0.1, 0.15) is 23.1 Å². The number of nitrogens with zero attached hydrogens (tertiary/aromatic N) is 4. The molecular weight excluding hydrogens is 516 g/mol. The summed E-state index contributed by atoms with van der Waals surface area (Å²) in [5.41, 5.74) is 3.29. The maximum Gasteiger partial charge on any atom is 0.227 e. The number of ether oxygens (including phenoxy) is 3. The van der Waals surface area contributed by atoms with Crippen LogP contribution in [0.1, 0.15) is 6.42 Å². The summed E-state index contributed by atoms with van der Waals surface area (Å²) in [6, 6.07) is 27.2. The molecule has 9 heteroatoms. The fourth-order valence-electron chi connectivity index (χ4n) is 4.59. The Hall–Kier alpha value is -4.73. The number of morpholine rings is 1. The van der Waals surface area contributed by atoms with Gasteiger partial charge in [-0.1, -0.05) is 36.4 Å². The number of benzene rings is 3. The molecule has 0 amide bonds. The van der Waals surface area contributed by atoms with Crippen molar-refractivity contribution >= 4 is 11.6 Å². The Bertz CT molecular complexity index is 1550. The van der Waals surface area contributed by atoms with E-state index in [-0.39, 0.29) is 0 Å². The molecule has 208 valence electrons. The quantitative estimate of drug-likeness (QED) is 0.189. The zero-order valence-corrected chi connectivity index (χ0v) is 22.7. The van der Waals surface area contributed by atoms with Gasteiger partial charge in [-0.3, -0.25) is 4.90 Å². The Morgan fingerprint density at radius 1 is 0.854 bits per heavy atom. The van der Waals surface area contributed by atoms with Crippen LogP contribution in [0, 0.1) is 0 Å². The average Bonchev–Trinajstić information content (AvgIpc) is 3.52. The van der Waals surface area contributed by atoms with Crippen molar-refractivity contribution in [3.05, 3.63) is 97.3 Å². The van der Waals surface area contributed by atoms with Crippen molar-refractivity contribution in [2.75, 3.05) is 44.8 Å². The van der Waals surface area contributed by atoms with Crippen LogP contribution < -0.4 is 14.8 Å². The number of aromatic amines is 1. The largest absolute Gasteiger partial charge is 0.493 e. The Morgan fingerprint density at radius 3 is 2.59 bits per heavy atom. The summed E-state index contributed by atoms with van der Waals surface area (Å²) >= 11 is 0. The molecule has 1 fully saturated rings. The van der Waals surface area contributed by atoms with Gasteiger partial charge in [0.2, 0.25) is 5.95 Å². The van der Waals surface area contributed by atoms with Crippen LogP contribution in [0.25, 0.3) is 22.8 Å². The topological polar surface area (TPSA) is 97.4 Å². The molecule has 1 aliphatic rings. The van der Waals surface area contributed by atoms with E-state index in [4.69, 9.17) is 19.2 Å². The van der Waals surface area contributed by atoms with Gasteiger partial charge in [0, 0.05) is 43.1 Å². The Kier molecular flexibility index (Phi) is 8.45. The highest BCUT2D eigenvalue weighted by molar-refractivity contribution is 5.64. The lowest BCUT2D eigenvalue weighted by Gasteiger charge is -2.26. The third-order valence-electron chi connectivity index (χ3n) is 6.68.